The van der Waals surface area contributed by atoms with Crippen molar-refractivity contribution < 1.29 is 4.39 Å². The predicted octanol–water partition coefficient (Wildman–Crippen LogP) is 2.90. The largest absolute Gasteiger partial charge is 0.396 e. The van der Waals surface area contributed by atoms with E-state index in [0.29, 0.717) is 29.2 Å². The summed E-state index contributed by atoms with van der Waals surface area (Å²) in [5.74, 6) is 0.390. The average molecular weight is 270 g/mol. The zero-order valence-electron chi connectivity index (χ0n) is 11.4. The maximum atomic E-state index is 13.5. The first-order valence-electron chi connectivity index (χ1n) is 6.17. The van der Waals surface area contributed by atoms with E-state index in [0.717, 1.165) is 5.56 Å². The van der Waals surface area contributed by atoms with Crippen LogP contribution in [-0.2, 0) is 6.54 Å². The monoisotopic (exact) mass is 270 g/mol. The molecule has 2 rings (SSSR count). The second-order valence-corrected chi connectivity index (χ2v) is 4.64. The molecule has 2 aromatic rings. The normalized spacial score (nSPS) is 10.1. The fourth-order valence-corrected chi connectivity index (χ4v) is 1.99. The lowest BCUT2D eigenvalue weighted by atomic mass is 10.1. The number of aryl methyl sites for hydroxylation is 2. The standard InChI is InChI=1S/C15H15FN4/c1-9-5-11(6-10(2)15(9)16)8-19-14-4-3-12(18)13(7-17)20-14/h3-6H,8,18H2,1-2H3,(H,19,20). The lowest BCUT2D eigenvalue weighted by molar-refractivity contribution is 0.608. The van der Waals surface area contributed by atoms with Gasteiger partial charge in [0.2, 0.25) is 0 Å². The number of rotatable bonds is 3. The van der Waals surface area contributed by atoms with Crippen LogP contribution in [0.5, 0.6) is 0 Å². The maximum absolute atomic E-state index is 13.5. The molecule has 0 aliphatic rings. The molecular formula is C15H15FN4. The fraction of sp³-hybridized carbons (Fsp3) is 0.200. The van der Waals surface area contributed by atoms with Gasteiger partial charge in [0, 0.05) is 6.54 Å². The zero-order chi connectivity index (χ0) is 14.7. The van der Waals surface area contributed by atoms with E-state index in [9.17, 15) is 4.39 Å². The number of aromatic nitrogens is 1. The molecule has 3 N–H and O–H groups in total. The van der Waals surface area contributed by atoms with Gasteiger partial charge in [-0.05, 0) is 42.7 Å². The van der Waals surface area contributed by atoms with Crippen LogP contribution in [0.2, 0.25) is 0 Å². The fourth-order valence-electron chi connectivity index (χ4n) is 1.99. The highest BCUT2D eigenvalue weighted by atomic mass is 19.1. The van der Waals surface area contributed by atoms with Crippen molar-refractivity contribution in [2.75, 3.05) is 11.1 Å². The summed E-state index contributed by atoms with van der Waals surface area (Å²) in [5.41, 5.74) is 8.35. The number of nitrogen functional groups attached to an aromatic ring is 1. The van der Waals surface area contributed by atoms with Crippen LogP contribution in [0.4, 0.5) is 15.9 Å². The molecule has 0 bridgehead atoms. The molecule has 0 saturated carbocycles. The Hall–Kier alpha value is -2.61. The van der Waals surface area contributed by atoms with Crippen molar-refractivity contribution in [3.05, 3.63) is 52.5 Å². The van der Waals surface area contributed by atoms with Crippen LogP contribution in [0.15, 0.2) is 24.3 Å². The number of pyridine rings is 1. The molecule has 0 fully saturated rings. The molecule has 1 heterocycles. The lowest BCUT2D eigenvalue weighted by Gasteiger charge is -2.09. The van der Waals surface area contributed by atoms with Crippen LogP contribution < -0.4 is 11.1 Å². The number of hydrogen-bond donors (Lipinski definition) is 2. The third-order valence-corrected chi connectivity index (χ3v) is 3.00. The Morgan fingerprint density at radius 1 is 1.30 bits per heavy atom. The molecule has 0 spiro atoms. The summed E-state index contributed by atoms with van der Waals surface area (Å²) in [5, 5.41) is 12.0. The minimum absolute atomic E-state index is 0.175. The Morgan fingerprint density at radius 2 is 1.95 bits per heavy atom. The van der Waals surface area contributed by atoms with Gasteiger partial charge in [-0.25, -0.2) is 9.37 Å². The number of nitriles is 1. The summed E-state index contributed by atoms with van der Waals surface area (Å²) >= 11 is 0. The lowest BCUT2D eigenvalue weighted by Crippen LogP contribution is -2.04. The summed E-state index contributed by atoms with van der Waals surface area (Å²) in [6.07, 6.45) is 0. The highest BCUT2D eigenvalue weighted by Crippen LogP contribution is 2.17. The van der Waals surface area contributed by atoms with E-state index >= 15 is 0 Å². The summed E-state index contributed by atoms with van der Waals surface area (Å²) in [6.45, 7) is 3.98. The molecule has 0 radical (unpaired) electrons. The van der Waals surface area contributed by atoms with E-state index in [1.54, 1.807) is 38.1 Å². The highest BCUT2D eigenvalue weighted by Gasteiger charge is 2.05. The number of hydrogen-bond acceptors (Lipinski definition) is 4. The molecule has 1 aromatic heterocycles. The van der Waals surface area contributed by atoms with Crippen molar-refractivity contribution in [3.8, 4) is 6.07 Å². The summed E-state index contributed by atoms with van der Waals surface area (Å²) in [4.78, 5) is 4.10. The smallest absolute Gasteiger partial charge is 0.165 e. The van der Waals surface area contributed by atoms with Gasteiger partial charge < -0.3 is 11.1 Å². The number of anilines is 2. The predicted molar refractivity (Wildman–Crippen MR) is 76.6 cm³/mol. The first kappa shape index (κ1) is 13.8. The molecule has 0 aliphatic carbocycles. The van der Waals surface area contributed by atoms with Crippen molar-refractivity contribution in [3.63, 3.8) is 0 Å². The van der Waals surface area contributed by atoms with Gasteiger partial charge in [-0.15, -0.1) is 0 Å². The number of benzene rings is 1. The first-order valence-corrected chi connectivity index (χ1v) is 6.17. The summed E-state index contributed by atoms with van der Waals surface area (Å²) < 4.78 is 13.5. The van der Waals surface area contributed by atoms with Gasteiger partial charge in [-0.3, -0.25) is 0 Å². The zero-order valence-corrected chi connectivity index (χ0v) is 11.4. The Kier molecular flexibility index (Phi) is 3.85. The van der Waals surface area contributed by atoms with E-state index in [2.05, 4.69) is 10.3 Å². The van der Waals surface area contributed by atoms with E-state index < -0.39 is 0 Å². The molecule has 4 nitrogen and oxygen atoms in total. The third kappa shape index (κ3) is 2.86. The van der Waals surface area contributed by atoms with Gasteiger partial charge in [0.1, 0.15) is 17.7 Å². The third-order valence-electron chi connectivity index (χ3n) is 3.00. The van der Waals surface area contributed by atoms with Gasteiger partial charge >= 0.3 is 0 Å². The number of nitrogens with zero attached hydrogens (tertiary/aromatic N) is 2. The second kappa shape index (κ2) is 5.57. The van der Waals surface area contributed by atoms with Crippen LogP contribution in [0.1, 0.15) is 22.4 Å². The Labute approximate surface area is 117 Å². The van der Waals surface area contributed by atoms with Crippen LogP contribution in [0.3, 0.4) is 0 Å². The molecule has 5 heteroatoms. The van der Waals surface area contributed by atoms with E-state index in [4.69, 9.17) is 11.0 Å². The second-order valence-electron chi connectivity index (χ2n) is 4.64. The molecule has 0 amide bonds. The summed E-state index contributed by atoms with van der Waals surface area (Å²) in [7, 11) is 0. The highest BCUT2D eigenvalue weighted by molar-refractivity contribution is 5.54. The van der Waals surface area contributed by atoms with Crippen LogP contribution >= 0.6 is 0 Å². The average Bonchev–Trinajstić information content (AvgIpc) is 2.43. The van der Waals surface area contributed by atoms with E-state index in [-0.39, 0.29) is 11.5 Å². The van der Waals surface area contributed by atoms with Gasteiger partial charge in [0.15, 0.2) is 5.69 Å². The topological polar surface area (TPSA) is 74.7 Å². The quantitative estimate of drug-likeness (QED) is 0.899. The molecule has 1 aromatic carbocycles. The Balaban J connectivity index is 2.15. The molecule has 0 atom stereocenters. The van der Waals surface area contributed by atoms with Crippen LogP contribution in [-0.4, -0.2) is 4.98 Å². The van der Waals surface area contributed by atoms with Crippen molar-refractivity contribution in [2.45, 2.75) is 20.4 Å². The van der Waals surface area contributed by atoms with Gasteiger partial charge in [-0.1, -0.05) is 12.1 Å². The van der Waals surface area contributed by atoms with Crippen LogP contribution in [0.25, 0.3) is 0 Å². The molecule has 0 aliphatic heterocycles. The maximum Gasteiger partial charge on any atom is 0.165 e. The first-order chi connectivity index (χ1) is 9.51. The number of halogens is 1. The van der Waals surface area contributed by atoms with Crippen molar-refractivity contribution in [2.24, 2.45) is 0 Å². The van der Waals surface area contributed by atoms with Crippen molar-refractivity contribution in [1.29, 1.82) is 5.26 Å². The summed E-state index contributed by atoms with van der Waals surface area (Å²) in [6, 6.07) is 8.85. The van der Waals surface area contributed by atoms with Crippen molar-refractivity contribution in [1.82, 2.24) is 4.98 Å². The Bertz CT molecular complexity index is 666. The van der Waals surface area contributed by atoms with Crippen LogP contribution in [0, 0.1) is 31.0 Å². The van der Waals surface area contributed by atoms with Gasteiger partial charge in [-0.2, -0.15) is 5.26 Å². The molecule has 0 unspecified atom stereocenters. The molecule has 102 valence electrons. The SMILES string of the molecule is Cc1cc(CNc2ccc(N)c(C#N)n2)cc(C)c1F. The number of nitrogens with one attached hydrogen (secondary N) is 1. The van der Waals surface area contributed by atoms with Gasteiger partial charge in [0.25, 0.3) is 0 Å². The minimum Gasteiger partial charge on any atom is -0.396 e. The molecular weight excluding hydrogens is 255 g/mol. The number of nitrogens with two attached hydrogens (primary N) is 1. The molecule has 20 heavy (non-hydrogen) atoms. The van der Waals surface area contributed by atoms with Crippen molar-refractivity contribution >= 4 is 11.5 Å². The molecule has 0 saturated heterocycles. The minimum atomic E-state index is -0.175. The van der Waals surface area contributed by atoms with E-state index in [1.165, 1.54) is 0 Å². The van der Waals surface area contributed by atoms with E-state index in [1.807, 2.05) is 6.07 Å². The Morgan fingerprint density at radius 3 is 2.55 bits per heavy atom. The van der Waals surface area contributed by atoms with Gasteiger partial charge in [0.05, 0.1) is 5.69 Å².